The predicted molar refractivity (Wildman–Crippen MR) is 396 cm³/mol. The molecule has 13 aromatic carbocycles. The largest absolute Gasteiger partial charge is 0.308 e. The van der Waals surface area contributed by atoms with Gasteiger partial charge >= 0.3 is 0 Å². The summed E-state index contributed by atoms with van der Waals surface area (Å²) in [5.41, 5.74) is 18.5. The highest BCUT2D eigenvalue weighted by Crippen LogP contribution is 2.47. The van der Waals surface area contributed by atoms with Crippen LogP contribution in [0.2, 0.25) is 0 Å². The molecule has 96 heavy (non-hydrogen) atoms. The Kier molecular flexibility index (Phi) is 14.0. The van der Waals surface area contributed by atoms with E-state index in [0.717, 1.165) is 86.3 Å². The minimum absolute atomic E-state index is 0.652. The first-order chi connectivity index (χ1) is 47.7. The molecule has 0 radical (unpaired) electrons. The number of rotatable bonds is 9. The maximum Gasteiger partial charge on any atom is 0.165 e. The zero-order valence-electron chi connectivity index (χ0n) is 52.4. The van der Waals surface area contributed by atoms with E-state index in [1.807, 2.05) is 54.6 Å². The van der Waals surface area contributed by atoms with Gasteiger partial charge < -0.3 is 9.13 Å². The van der Waals surface area contributed by atoms with Crippen LogP contribution in [0.4, 0.5) is 0 Å². The molecular weight excluding hydrogens is 1170 g/mol. The molecule has 0 amide bonds. The molecule has 0 unspecified atom stereocenters. The third kappa shape index (κ3) is 9.68. The highest BCUT2D eigenvalue weighted by atomic mass is 15.1. The monoisotopic (exact) mass is 1230 g/mol. The molecule has 0 atom stereocenters. The molecule has 0 spiro atoms. The summed E-state index contributed by atoms with van der Waals surface area (Å²) in [4.78, 5) is 30.2. The van der Waals surface area contributed by atoms with Crippen LogP contribution in [0.25, 0.3) is 161 Å². The average molecular weight is 1230 g/mol. The molecule has 2 aliphatic rings. The molecule has 0 saturated heterocycles. The smallest absolute Gasteiger partial charge is 0.165 e. The fraction of sp³-hybridized carbons (Fsp3) is 0.0455. The van der Waals surface area contributed by atoms with E-state index in [1.54, 1.807) is 0 Å². The van der Waals surface area contributed by atoms with E-state index < -0.39 is 0 Å². The van der Waals surface area contributed by atoms with Gasteiger partial charge in [-0.15, -0.1) is 0 Å². The molecule has 452 valence electrons. The van der Waals surface area contributed by atoms with Gasteiger partial charge in [-0.05, 0) is 88.4 Å². The van der Waals surface area contributed by atoms with Gasteiger partial charge in [-0.1, -0.05) is 291 Å². The van der Waals surface area contributed by atoms with Crippen LogP contribution in [-0.4, -0.2) is 39.0 Å². The Morgan fingerprint density at radius 3 is 0.979 bits per heavy atom. The van der Waals surface area contributed by atoms with E-state index in [4.69, 9.17) is 29.9 Å². The molecule has 2 aliphatic carbocycles. The first-order valence-electron chi connectivity index (χ1n) is 33.0. The Labute approximate surface area is 554 Å². The first kappa shape index (κ1) is 56.2. The number of para-hydroxylation sites is 4. The van der Waals surface area contributed by atoms with Crippen molar-refractivity contribution in [1.82, 2.24) is 39.0 Å². The molecule has 17 aromatic rings. The second kappa shape index (κ2) is 23.9. The summed E-state index contributed by atoms with van der Waals surface area (Å²) in [6, 6.07) is 101. The van der Waals surface area contributed by atoms with Gasteiger partial charge in [0.1, 0.15) is 0 Å². The molecule has 0 bridgehead atoms. The van der Waals surface area contributed by atoms with Crippen LogP contribution in [0.1, 0.15) is 29.8 Å². The molecule has 8 nitrogen and oxygen atoms in total. The topological polar surface area (TPSA) is 87.2 Å². The number of benzene rings is 13. The van der Waals surface area contributed by atoms with Gasteiger partial charge in [0.05, 0.1) is 33.4 Å². The standard InChI is InChI=1S/C47H34N4.C41H26N4/c1-3-15-32(16-4-1)45-48-46(33-17-5-2-6-18-33)50-47(49-45)34-29-27-31(28-30-34)43-37-21-7-9-23-39(37)44(40-24-10-8-22-38(40)43)51-41-25-13-11-19-35(41)36-20-12-14-26-42(36)51;1-3-15-27(16-4-1)39-42-40(28-17-5-2-6-18-28)44-41(43-39)37-31-21-7-9-23-33(31)38(34-24-10-8-22-32(34)37)45-35-25-13-11-19-29(35)30-20-12-14-26-36(30)45/h1,3-5,7-21,23,25-30H,2,6,22,24H2;1-26H. The van der Waals surface area contributed by atoms with Crippen LogP contribution in [0.5, 0.6) is 0 Å². The Morgan fingerprint density at radius 1 is 0.229 bits per heavy atom. The minimum Gasteiger partial charge on any atom is -0.308 e. The van der Waals surface area contributed by atoms with E-state index in [0.29, 0.717) is 34.9 Å². The van der Waals surface area contributed by atoms with Crippen molar-refractivity contribution in [3.63, 3.8) is 0 Å². The van der Waals surface area contributed by atoms with E-state index >= 15 is 0 Å². The van der Waals surface area contributed by atoms with Gasteiger partial charge in [0, 0.05) is 71.1 Å². The van der Waals surface area contributed by atoms with Gasteiger partial charge in [0.2, 0.25) is 0 Å². The van der Waals surface area contributed by atoms with Crippen LogP contribution in [0.15, 0.2) is 315 Å². The Hall–Kier alpha value is -12.5. The van der Waals surface area contributed by atoms with E-state index in [1.165, 1.54) is 82.3 Å². The number of hydrogen-bond donors (Lipinski definition) is 0. The number of aromatic nitrogens is 8. The summed E-state index contributed by atoms with van der Waals surface area (Å²) < 4.78 is 4.94. The van der Waals surface area contributed by atoms with Crippen LogP contribution >= 0.6 is 0 Å². The van der Waals surface area contributed by atoms with Crippen molar-refractivity contribution in [3.05, 3.63) is 332 Å². The number of fused-ring (bicyclic) bond motifs is 10. The molecule has 4 aromatic heterocycles. The van der Waals surface area contributed by atoms with Crippen molar-refractivity contribution in [2.24, 2.45) is 0 Å². The quantitative estimate of drug-likeness (QED) is 0.106. The molecule has 19 rings (SSSR count). The summed E-state index contributed by atoms with van der Waals surface area (Å²) in [6.07, 6.45) is 15.0. The van der Waals surface area contributed by atoms with Crippen molar-refractivity contribution < 1.29 is 0 Å². The lowest BCUT2D eigenvalue weighted by atomic mass is 9.83. The Morgan fingerprint density at radius 2 is 0.552 bits per heavy atom. The van der Waals surface area contributed by atoms with Crippen molar-refractivity contribution in [1.29, 1.82) is 0 Å². The number of hydrogen-bond acceptors (Lipinski definition) is 6. The van der Waals surface area contributed by atoms with Crippen molar-refractivity contribution in [2.45, 2.75) is 25.7 Å². The lowest BCUT2D eigenvalue weighted by Gasteiger charge is -2.25. The normalized spacial score (nSPS) is 12.8. The zero-order chi connectivity index (χ0) is 63.5. The minimum atomic E-state index is 0.652. The molecule has 0 N–H and O–H groups in total. The molecular formula is C88H60N8. The third-order valence-corrected chi connectivity index (χ3v) is 19.0. The Bertz CT molecular complexity index is 5780. The zero-order valence-corrected chi connectivity index (χ0v) is 52.4. The van der Waals surface area contributed by atoms with Gasteiger partial charge in [-0.25, -0.2) is 29.9 Å². The molecule has 0 fully saturated rings. The van der Waals surface area contributed by atoms with Gasteiger partial charge in [-0.3, -0.25) is 0 Å². The fourth-order valence-corrected chi connectivity index (χ4v) is 14.7. The first-order valence-corrected chi connectivity index (χ1v) is 33.0. The molecule has 8 heteroatoms. The lowest BCUT2D eigenvalue weighted by Crippen LogP contribution is -2.09. The maximum absolute atomic E-state index is 5.16. The molecule has 0 aliphatic heterocycles. The second-order valence-electron chi connectivity index (χ2n) is 24.6. The summed E-state index contributed by atoms with van der Waals surface area (Å²) in [5.74, 6) is 4.04. The van der Waals surface area contributed by atoms with Gasteiger partial charge in [0.15, 0.2) is 34.9 Å². The van der Waals surface area contributed by atoms with Crippen LogP contribution in [0.3, 0.4) is 0 Å². The lowest BCUT2D eigenvalue weighted by molar-refractivity contribution is 1.01. The van der Waals surface area contributed by atoms with Crippen LogP contribution in [0, 0.1) is 0 Å². The third-order valence-electron chi connectivity index (χ3n) is 19.0. The second-order valence-corrected chi connectivity index (χ2v) is 24.6. The van der Waals surface area contributed by atoms with E-state index in [2.05, 4.69) is 270 Å². The van der Waals surface area contributed by atoms with Crippen molar-refractivity contribution >= 4 is 81.5 Å². The average Bonchev–Trinajstić information content (AvgIpc) is 1.38. The predicted octanol–water partition coefficient (Wildman–Crippen LogP) is 21.8. The van der Waals surface area contributed by atoms with Crippen molar-refractivity contribution in [2.75, 3.05) is 0 Å². The summed E-state index contributed by atoms with van der Waals surface area (Å²) in [6.45, 7) is 0. The molecule has 4 heterocycles. The maximum atomic E-state index is 5.16. The van der Waals surface area contributed by atoms with E-state index in [9.17, 15) is 0 Å². The SMILES string of the molecule is C1=CC(c2nc(-c3ccccc3)nc(-c3ccc(-c4c5c(c(-n6c7ccccc7c7ccccc76)c6ccccc46)CC=CC5)cc3)n2)=CCC1.c1ccc(-c2nc(-c3ccccc3)nc(-c3c4ccccc4c(-n4c5ccccc5c5ccccc54)c4ccccc34)n2)cc1. The number of nitrogens with zero attached hydrogens (tertiary/aromatic N) is 8. The summed E-state index contributed by atoms with van der Waals surface area (Å²) in [7, 11) is 0. The summed E-state index contributed by atoms with van der Waals surface area (Å²) >= 11 is 0. The van der Waals surface area contributed by atoms with Crippen LogP contribution in [-0.2, 0) is 12.8 Å². The molecule has 0 saturated carbocycles. The highest BCUT2D eigenvalue weighted by molar-refractivity contribution is 6.20. The highest BCUT2D eigenvalue weighted by Gasteiger charge is 2.27. The van der Waals surface area contributed by atoms with Crippen LogP contribution < -0.4 is 0 Å². The number of allylic oxidation sites excluding steroid dienone is 6. The summed E-state index contributed by atoms with van der Waals surface area (Å²) in [5, 5.41) is 12.0. The van der Waals surface area contributed by atoms with Gasteiger partial charge in [-0.2, -0.15) is 0 Å². The van der Waals surface area contributed by atoms with Gasteiger partial charge in [0.25, 0.3) is 0 Å². The fourth-order valence-electron chi connectivity index (χ4n) is 14.7. The Balaban J connectivity index is 0.000000141. The van der Waals surface area contributed by atoms with E-state index in [-0.39, 0.29) is 0 Å². The van der Waals surface area contributed by atoms with Crippen molar-refractivity contribution in [3.8, 4) is 79.4 Å².